The van der Waals surface area contributed by atoms with Gasteiger partial charge in [-0.2, -0.15) is 0 Å². The Hall–Kier alpha value is -2.90. The second-order valence-corrected chi connectivity index (χ2v) is 6.52. The molecule has 0 bridgehead atoms. The molecule has 3 rings (SSSR count). The Balaban J connectivity index is 1.51. The minimum atomic E-state index is -0.469. The highest BCUT2D eigenvalue weighted by atomic mass is 16.2. The minimum absolute atomic E-state index is 0.0754. The number of carbonyl (C=O) groups excluding carboxylic acids is 2. The number of likely N-dealkylation sites (tertiary alicyclic amines) is 1. The van der Waals surface area contributed by atoms with Crippen molar-refractivity contribution >= 4 is 11.9 Å². The van der Waals surface area contributed by atoms with Crippen molar-refractivity contribution < 1.29 is 9.59 Å². The molecule has 1 aromatic carbocycles. The van der Waals surface area contributed by atoms with Crippen LogP contribution in [-0.2, 0) is 24.3 Å². The number of nitrogens with two attached hydrogens (primary N) is 1. The normalized spacial score (nSPS) is 17.1. The maximum absolute atomic E-state index is 12.4. The molecule has 3 amide bonds. The standard InChI is InChI=1S/C18H24N6O2/c19-18(26)23-9-4-7-15(12-23)17(25)20-11-16-22-21-13-24(16)10-8-14-5-2-1-3-6-14/h1-3,5-6,13,15H,4,7-12H2,(H2,19,26)(H,20,25)/t15-/m0/s1. The molecule has 138 valence electrons. The fourth-order valence-electron chi connectivity index (χ4n) is 3.20. The van der Waals surface area contributed by atoms with E-state index in [2.05, 4.69) is 27.6 Å². The monoisotopic (exact) mass is 356 g/mol. The van der Waals surface area contributed by atoms with Gasteiger partial charge in [0.25, 0.3) is 0 Å². The zero-order chi connectivity index (χ0) is 18.4. The van der Waals surface area contributed by atoms with Crippen LogP contribution in [0.2, 0.25) is 0 Å². The molecule has 3 N–H and O–H groups in total. The lowest BCUT2D eigenvalue weighted by atomic mass is 9.97. The lowest BCUT2D eigenvalue weighted by Gasteiger charge is -2.30. The lowest BCUT2D eigenvalue weighted by molar-refractivity contribution is -0.126. The number of amides is 3. The van der Waals surface area contributed by atoms with Gasteiger partial charge in [-0.05, 0) is 24.8 Å². The van der Waals surface area contributed by atoms with Gasteiger partial charge in [0.1, 0.15) is 6.33 Å². The third-order valence-electron chi connectivity index (χ3n) is 4.70. The van der Waals surface area contributed by atoms with E-state index >= 15 is 0 Å². The van der Waals surface area contributed by atoms with Crippen molar-refractivity contribution in [3.05, 3.63) is 48.0 Å². The van der Waals surface area contributed by atoms with E-state index in [0.29, 0.717) is 19.6 Å². The Morgan fingerprint density at radius 2 is 2.08 bits per heavy atom. The van der Waals surface area contributed by atoms with Crippen LogP contribution in [0.25, 0.3) is 0 Å². The van der Waals surface area contributed by atoms with Gasteiger partial charge in [0.05, 0.1) is 12.5 Å². The molecule has 1 aliphatic rings. The predicted molar refractivity (Wildman–Crippen MR) is 95.9 cm³/mol. The van der Waals surface area contributed by atoms with Crippen LogP contribution < -0.4 is 11.1 Å². The molecule has 2 aromatic rings. The van der Waals surface area contributed by atoms with Gasteiger partial charge in [-0.15, -0.1) is 10.2 Å². The molecule has 1 fully saturated rings. The summed E-state index contributed by atoms with van der Waals surface area (Å²) in [7, 11) is 0. The fourth-order valence-corrected chi connectivity index (χ4v) is 3.20. The Bertz CT molecular complexity index is 745. The summed E-state index contributed by atoms with van der Waals surface area (Å²) >= 11 is 0. The third-order valence-corrected chi connectivity index (χ3v) is 4.70. The van der Waals surface area contributed by atoms with Crippen LogP contribution in [-0.4, -0.2) is 44.7 Å². The summed E-state index contributed by atoms with van der Waals surface area (Å²) in [5, 5.41) is 11.0. The molecular formula is C18H24N6O2. The average molecular weight is 356 g/mol. The van der Waals surface area contributed by atoms with Crippen LogP contribution in [0.5, 0.6) is 0 Å². The summed E-state index contributed by atoms with van der Waals surface area (Å²) in [4.78, 5) is 25.2. The van der Waals surface area contributed by atoms with Crippen LogP contribution in [0.3, 0.4) is 0 Å². The Morgan fingerprint density at radius 1 is 1.27 bits per heavy atom. The molecule has 1 atom stereocenters. The number of hydrogen-bond acceptors (Lipinski definition) is 4. The largest absolute Gasteiger partial charge is 0.351 e. The second kappa shape index (κ2) is 8.46. The molecule has 26 heavy (non-hydrogen) atoms. The number of rotatable bonds is 6. The smallest absolute Gasteiger partial charge is 0.314 e. The zero-order valence-electron chi connectivity index (χ0n) is 14.7. The number of urea groups is 1. The molecule has 8 heteroatoms. The molecule has 0 spiro atoms. The third kappa shape index (κ3) is 4.59. The van der Waals surface area contributed by atoms with Crippen LogP contribution in [0.1, 0.15) is 24.2 Å². The van der Waals surface area contributed by atoms with Crippen LogP contribution in [0, 0.1) is 5.92 Å². The van der Waals surface area contributed by atoms with E-state index in [4.69, 9.17) is 5.73 Å². The summed E-state index contributed by atoms with van der Waals surface area (Å²) in [6.07, 6.45) is 4.10. The van der Waals surface area contributed by atoms with Gasteiger partial charge in [0.15, 0.2) is 5.82 Å². The van der Waals surface area contributed by atoms with Crippen LogP contribution >= 0.6 is 0 Å². The summed E-state index contributed by atoms with van der Waals surface area (Å²) in [5.74, 6) is 0.419. The maximum atomic E-state index is 12.4. The van der Waals surface area contributed by atoms with Crippen molar-refractivity contribution in [1.29, 1.82) is 0 Å². The molecule has 1 aliphatic heterocycles. The predicted octanol–water partition coefficient (Wildman–Crippen LogP) is 0.928. The first kappa shape index (κ1) is 17.9. The van der Waals surface area contributed by atoms with Crippen LogP contribution in [0.4, 0.5) is 4.79 Å². The van der Waals surface area contributed by atoms with Crippen molar-refractivity contribution in [3.63, 3.8) is 0 Å². The van der Waals surface area contributed by atoms with E-state index in [0.717, 1.165) is 31.6 Å². The van der Waals surface area contributed by atoms with Gasteiger partial charge >= 0.3 is 6.03 Å². The highest BCUT2D eigenvalue weighted by Gasteiger charge is 2.27. The molecule has 2 heterocycles. The van der Waals surface area contributed by atoms with Crippen molar-refractivity contribution in [2.75, 3.05) is 13.1 Å². The minimum Gasteiger partial charge on any atom is -0.351 e. The van der Waals surface area contributed by atoms with Gasteiger partial charge in [0, 0.05) is 19.6 Å². The number of benzene rings is 1. The number of hydrogen-bond donors (Lipinski definition) is 2. The summed E-state index contributed by atoms with van der Waals surface area (Å²) in [5.41, 5.74) is 6.56. The van der Waals surface area contributed by atoms with Crippen LogP contribution in [0.15, 0.2) is 36.7 Å². The van der Waals surface area contributed by atoms with E-state index in [1.807, 2.05) is 22.8 Å². The maximum Gasteiger partial charge on any atom is 0.314 e. The highest BCUT2D eigenvalue weighted by molar-refractivity contribution is 5.80. The number of nitrogens with one attached hydrogen (secondary N) is 1. The molecule has 0 radical (unpaired) electrons. The molecule has 1 saturated heterocycles. The quantitative estimate of drug-likeness (QED) is 0.803. The van der Waals surface area contributed by atoms with E-state index in [-0.39, 0.29) is 11.8 Å². The van der Waals surface area contributed by atoms with Crippen molar-refractivity contribution in [1.82, 2.24) is 25.0 Å². The topological polar surface area (TPSA) is 106 Å². The van der Waals surface area contributed by atoms with E-state index in [1.54, 1.807) is 6.33 Å². The molecule has 0 saturated carbocycles. The van der Waals surface area contributed by atoms with Gasteiger partial charge in [-0.25, -0.2) is 4.79 Å². The van der Waals surface area contributed by atoms with Gasteiger partial charge < -0.3 is 20.5 Å². The van der Waals surface area contributed by atoms with E-state index < -0.39 is 6.03 Å². The molecule has 8 nitrogen and oxygen atoms in total. The molecular weight excluding hydrogens is 332 g/mol. The number of nitrogens with zero attached hydrogens (tertiary/aromatic N) is 4. The van der Waals surface area contributed by atoms with Crippen molar-refractivity contribution in [3.8, 4) is 0 Å². The van der Waals surface area contributed by atoms with Crippen molar-refractivity contribution in [2.45, 2.75) is 32.4 Å². The number of aromatic nitrogens is 3. The Morgan fingerprint density at radius 3 is 2.85 bits per heavy atom. The first-order valence-electron chi connectivity index (χ1n) is 8.86. The molecule has 0 aliphatic carbocycles. The first-order valence-corrected chi connectivity index (χ1v) is 8.86. The molecule has 0 unspecified atom stereocenters. The average Bonchev–Trinajstić information content (AvgIpc) is 3.12. The van der Waals surface area contributed by atoms with Gasteiger partial charge in [-0.3, -0.25) is 4.79 Å². The Kier molecular flexibility index (Phi) is 5.83. The number of aryl methyl sites for hydroxylation is 2. The zero-order valence-corrected chi connectivity index (χ0v) is 14.7. The second-order valence-electron chi connectivity index (χ2n) is 6.52. The van der Waals surface area contributed by atoms with E-state index in [1.165, 1.54) is 10.5 Å². The summed E-state index contributed by atoms with van der Waals surface area (Å²) in [6, 6.07) is 9.72. The van der Waals surface area contributed by atoms with Crippen molar-refractivity contribution in [2.24, 2.45) is 11.7 Å². The van der Waals surface area contributed by atoms with Gasteiger partial charge in [-0.1, -0.05) is 30.3 Å². The summed E-state index contributed by atoms with van der Waals surface area (Å²) in [6.45, 7) is 2.07. The summed E-state index contributed by atoms with van der Waals surface area (Å²) < 4.78 is 1.95. The SMILES string of the molecule is NC(=O)N1CCC[C@H](C(=O)NCc2nncn2CCc2ccccc2)C1. The first-order chi connectivity index (χ1) is 12.6. The Labute approximate surface area is 152 Å². The number of piperidine rings is 1. The fraction of sp³-hybridized carbons (Fsp3) is 0.444. The van der Waals surface area contributed by atoms with E-state index in [9.17, 15) is 9.59 Å². The number of primary amides is 1. The lowest BCUT2D eigenvalue weighted by Crippen LogP contribution is -2.47. The highest BCUT2D eigenvalue weighted by Crippen LogP contribution is 2.16. The number of carbonyl (C=O) groups is 2. The molecule has 1 aromatic heterocycles. The van der Waals surface area contributed by atoms with Gasteiger partial charge in [0.2, 0.25) is 5.91 Å².